The lowest BCUT2D eigenvalue weighted by atomic mass is 9.68. The lowest BCUT2D eigenvalue weighted by molar-refractivity contribution is 0.0696. The summed E-state index contributed by atoms with van der Waals surface area (Å²) in [6.07, 6.45) is 4.70. The Morgan fingerprint density at radius 3 is 2.60 bits per heavy atom. The normalized spacial score (nSPS) is 22.0. The molecule has 2 heterocycles. The number of carboxylic acids is 1. The number of hydrogen-bond donors (Lipinski definition) is 1. The maximum atomic E-state index is 11.4. The maximum Gasteiger partial charge on any atom is 0.335 e. The van der Waals surface area contributed by atoms with Crippen LogP contribution in [-0.2, 0) is 12.0 Å². The summed E-state index contributed by atoms with van der Waals surface area (Å²) in [4.78, 5) is 18.1. The van der Waals surface area contributed by atoms with Gasteiger partial charge in [0.15, 0.2) is 0 Å². The van der Waals surface area contributed by atoms with Gasteiger partial charge >= 0.3 is 5.97 Å². The molecule has 0 aliphatic carbocycles. The van der Waals surface area contributed by atoms with Gasteiger partial charge in [0.1, 0.15) is 0 Å². The molecule has 154 valence electrons. The van der Waals surface area contributed by atoms with Crippen LogP contribution in [-0.4, -0.2) is 34.0 Å². The van der Waals surface area contributed by atoms with Crippen molar-refractivity contribution in [3.05, 3.63) is 89.7 Å². The minimum Gasteiger partial charge on any atom is -0.478 e. The monoisotopic (exact) mass is 400 g/mol. The van der Waals surface area contributed by atoms with Gasteiger partial charge in [-0.25, -0.2) is 4.79 Å². The Labute approximate surface area is 178 Å². The third kappa shape index (κ3) is 4.14. The number of benzene rings is 2. The van der Waals surface area contributed by atoms with Crippen LogP contribution < -0.4 is 0 Å². The fourth-order valence-electron chi connectivity index (χ4n) is 4.49. The van der Waals surface area contributed by atoms with E-state index in [2.05, 4.69) is 60.1 Å². The van der Waals surface area contributed by atoms with Crippen LogP contribution in [0.5, 0.6) is 0 Å². The second-order valence-corrected chi connectivity index (χ2v) is 8.63. The molecule has 1 N–H and O–H groups in total. The van der Waals surface area contributed by atoms with E-state index >= 15 is 0 Å². The summed E-state index contributed by atoms with van der Waals surface area (Å²) in [5.74, 6) is -0.426. The molecule has 1 aliphatic heterocycles. The zero-order valence-corrected chi connectivity index (χ0v) is 17.6. The summed E-state index contributed by atoms with van der Waals surface area (Å²) in [5.41, 5.74) is 5.13. The van der Waals surface area contributed by atoms with E-state index in [-0.39, 0.29) is 5.41 Å². The highest BCUT2D eigenvalue weighted by Crippen LogP contribution is 2.40. The molecule has 0 spiro atoms. The third-order valence-electron chi connectivity index (χ3n) is 6.69. The fraction of sp³-hybridized carbons (Fsp3) is 0.308. The van der Waals surface area contributed by atoms with E-state index < -0.39 is 5.97 Å². The van der Waals surface area contributed by atoms with Crippen molar-refractivity contribution in [3.8, 4) is 11.1 Å². The number of aromatic carboxylic acids is 1. The van der Waals surface area contributed by atoms with Crippen LogP contribution in [0.15, 0.2) is 73.1 Å². The topological polar surface area (TPSA) is 53.4 Å². The van der Waals surface area contributed by atoms with Crippen molar-refractivity contribution in [1.29, 1.82) is 0 Å². The summed E-state index contributed by atoms with van der Waals surface area (Å²) in [5, 5.41) is 9.34. The molecule has 1 saturated heterocycles. The predicted octanol–water partition coefficient (Wildman–Crippen LogP) is 5.25. The van der Waals surface area contributed by atoms with Crippen molar-refractivity contribution < 1.29 is 9.90 Å². The van der Waals surface area contributed by atoms with Gasteiger partial charge in [0, 0.05) is 25.5 Å². The van der Waals surface area contributed by atoms with Crippen LogP contribution in [0.25, 0.3) is 11.1 Å². The zero-order valence-electron chi connectivity index (χ0n) is 17.6. The zero-order chi connectivity index (χ0) is 21.1. The molecular weight excluding hydrogens is 372 g/mol. The highest BCUT2D eigenvalue weighted by Gasteiger charge is 2.38. The molecule has 2 aromatic carbocycles. The molecule has 4 nitrogen and oxygen atoms in total. The van der Waals surface area contributed by atoms with Crippen LogP contribution in [0.3, 0.4) is 0 Å². The maximum absolute atomic E-state index is 11.4. The molecule has 0 bridgehead atoms. The molecule has 0 saturated carbocycles. The molecule has 4 rings (SSSR count). The first-order valence-corrected chi connectivity index (χ1v) is 10.5. The van der Waals surface area contributed by atoms with Gasteiger partial charge in [0.2, 0.25) is 0 Å². The summed E-state index contributed by atoms with van der Waals surface area (Å²) in [6, 6.07) is 20.3. The number of hydrogen-bond acceptors (Lipinski definition) is 3. The van der Waals surface area contributed by atoms with Crippen molar-refractivity contribution in [2.45, 2.75) is 32.2 Å². The third-order valence-corrected chi connectivity index (χ3v) is 6.69. The van der Waals surface area contributed by atoms with Gasteiger partial charge in [0.05, 0.1) is 5.56 Å². The van der Waals surface area contributed by atoms with Crippen molar-refractivity contribution in [3.63, 3.8) is 0 Å². The Morgan fingerprint density at radius 1 is 1.13 bits per heavy atom. The van der Waals surface area contributed by atoms with Gasteiger partial charge in [0.25, 0.3) is 0 Å². The van der Waals surface area contributed by atoms with E-state index in [4.69, 9.17) is 0 Å². The quantitative estimate of drug-likeness (QED) is 0.636. The van der Waals surface area contributed by atoms with Gasteiger partial charge in [-0.05, 0) is 64.8 Å². The highest BCUT2D eigenvalue weighted by molar-refractivity contribution is 5.87. The standard InChI is InChI=1S/C26H28N2O2/c1-19-17-28(14-12-26(19,2)24-7-3-5-22(15-24)25(29)30)18-20-8-10-21(11-9-20)23-6-4-13-27-16-23/h3-11,13,15-16,19H,12,14,17-18H2,1-2H3,(H,29,30). The van der Waals surface area contributed by atoms with Crippen LogP contribution in [0.4, 0.5) is 0 Å². The molecule has 1 aliphatic rings. The first-order valence-electron chi connectivity index (χ1n) is 10.5. The Morgan fingerprint density at radius 2 is 1.93 bits per heavy atom. The number of rotatable bonds is 5. The summed E-state index contributed by atoms with van der Waals surface area (Å²) < 4.78 is 0. The van der Waals surface area contributed by atoms with Crippen LogP contribution in [0.1, 0.15) is 41.8 Å². The highest BCUT2D eigenvalue weighted by atomic mass is 16.4. The SMILES string of the molecule is CC1CN(Cc2ccc(-c3cccnc3)cc2)CCC1(C)c1cccc(C(=O)O)c1. The number of aromatic nitrogens is 1. The minimum absolute atomic E-state index is 0.00781. The lowest BCUT2D eigenvalue weighted by Gasteiger charge is -2.45. The van der Waals surface area contributed by atoms with E-state index in [1.54, 1.807) is 12.3 Å². The Hall–Kier alpha value is -2.98. The number of carbonyl (C=O) groups is 1. The van der Waals surface area contributed by atoms with E-state index in [1.807, 2.05) is 24.4 Å². The second kappa shape index (κ2) is 8.41. The smallest absolute Gasteiger partial charge is 0.335 e. The molecule has 1 fully saturated rings. The fourth-order valence-corrected chi connectivity index (χ4v) is 4.49. The lowest BCUT2D eigenvalue weighted by Crippen LogP contribution is -2.47. The van der Waals surface area contributed by atoms with Gasteiger partial charge in [-0.1, -0.05) is 56.3 Å². The average molecular weight is 401 g/mol. The molecule has 2 unspecified atom stereocenters. The van der Waals surface area contributed by atoms with Gasteiger partial charge in [-0.2, -0.15) is 0 Å². The summed E-state index contributed by atoms with van der Waals surface area (Å²) in [6.45, 7) is 7.49. The van der Waals surface area contributed by atoms with E-state index in [0.29, 0.717) is 11.5 Å². The van der Waals surface area contributed by atoms with E-state index in [0.717, 1.165) is 37.2 Å². The first kappa shape index (κ1) is 20.3. The molecule has 3 aromatic rings. The number of pyridine rings is 1. The van der Waals surface area contributed by atoms with Crippen LogP contribution >= 0.6 is 0 Å². The molecule has 0 amide bonds. The van der Waals surface area contributed by atoms with Gasteiger partial charge in [-0.3, -0.25) is 9.88 Å². The van der Waals surface area contributed by atoms with Crippen LogP contribution in [0.2, 0.25) is 0 Å². The predicted molar refractivity (Wildman–Crippen MR) is 119 cm³/mol. The van der Waals surface area contributed by atoms with Crippen molar-refractivity contribution in [2.24, 2.45) is 5.92 Å². The first-order chi connectivity index (χ1) is 14.5. The number of nitrogens with zero attached hydrogens (tertiary/aromatic N) is 2. The molecule has 4 heteroatoms. The largest absolute Gasteiger partial charge is 0.478 e. The average Bonchev–Trinajstić information content (AvgIpc) is 2.77. The van der Waals surface area contributed by atoms with Gasteiger partial charge < -0.3 is 5.11 Å². The number of piperidine rings is 1. The van der Waals surface area contributed by atoms with Gasteiger partial charge in [-0.15, -0.1) is 0 Å². The Balaban J connectivity index is 1.43. The molecule has 1 aromatic heterocycles. The summed E-state index contributed by atoms with van der Waals surface area (Å²) >= 11 is 0. The molecular formula is C26H28N2O2. The molecule has 2 atom stereocenters. The summed E-state index contributed by atoms with van der Waals surface area (Å²) in [7, 11) is 0. The minimum atomic E-state index is -0.861. The van der Waals surface area contributed by atoms with E-state index in [1.165, 1.54) is 11.1 Å². The number of carboxylic acid groups (broad SMARTS) is 1. The number of likely N-dealkylation sites (tertiary alicyclic amines) is 1. The Kier molecular flexibility index (Phi) is 5.69. The van der Waals surface area contributed by atoms with Crippen LogP contribution in [0, 0.1) is 5.92 Å². The van der Waals surface area contributed by atoms with Crippen molar-refractivity contribution in [2.75, 3.05) is 13.1 Å². The van der Waals surface area contributed by atoms with E-state index in [9.17, 15) is 9.90 Å². The van der Waals surface area contributed by atoms with Crippen molar-refractivity contribution >= 4 is 5.97 Å². The van der Waals surface area contributed by atoms with Crippen molar-refractivity contribution in [1.82, 2.24) is 9.88 Å². The molecule has 30 heavy (non-hydrogen) atoms. The second-order valence-electron chi connectivity index (χ2n) is 8.63. The Bertz CT molecular complexity index is 1020. The molecule has 0 radical (unpaired) electrons.